The third kappa shape index (κ3) is 0.980. The molecule has 0 amide bonds. The Morgan fingerprint density at radius 1 is 1.00 bits per heavy atom. The lowest BCUT2D eigenvalue weighted by Crippen LogP contribution is -2.33. The molecule has 0 heterocycles. The quantitative estimate of drug-likeness (QED) is 0.458. The second-order valence-electron chi connectivity index (χ2n) is 3.40. The largest absolute Gasteiger partial charge is 0.119 e. The van der Waals surface area contributed by atoms with Crippen molar-refractivity contribution < 1.29 is 0 Å². The van der Waals surface area contributed by atoms with E-state index < -0.39 is 0 Å². The normalized spacial score (nSPS) is 33.0. The highest BCUT2D eigenvalue weighted by Crippen LogP contribution is 2.48. The van der Waals surface area contributed by atoms with Gasteiger partial charge in [0.05, 0.1) is 0 Å². The van der Waals surface area contributed by atoms with Gasteiger partial charge in [0.1, 0.15) is 0 Å². The van der Waals surface area contributed by atoms with Crippen LogP contribution in [0.2, 0.25) is 0 Å². The van der Waals surface area contributed by atoms with Gasteiger partial charge in [-0.1, -0.05) is 0 Å². The Balaban J connectivity index is 2.11. The first-order valence-electron chi connectivity index (χ1n) is 3.81. The lowest BCUT2D eigenvalue weighted by molar-refractivity contribution is 0.311. The van der Waals surface area contributed by atoms with Crippen LogP contribution in [0.3, 0.4) is 0 Å². The van der Waals surface area contributed by atoms with Crippen molar-refractivity contribution >= 4 is 11.6 Å². The molecule has 1 heteroatoms. The van der Waals surface area contributed by atoms with Gasteiger partial charge in [-0.15, -0.1) is 11.6 Å². The first-order chi connectivity index (χ1) is 4.29. The van der Waals surface area contributed by atoms with Gasteiger partial charge in [-0.25, -0.2) is 0 Å². The molecular formula is C8H12Cl. The van der Waals surface area contributed by atoms with E-state index in [2.05, 4.69) is 0 Å². The fraction of sp³-hybridized carbons (Fsp3) is 0.875. The average molecular weight is 144 g/mol. The minimum atomic E-state index is 0.238. The summed E-state index contributed by atoms with van der Waals surface area (Å²) in [6, 6.07) is 0. The van der Waals surface area contributed by atoms with Crippen molar-refractivity contribution in [3.8, 4) is 0 Å². The molecule has 3 rings (SSSR count). The SMILES string of the molecule is ClC12CC[C](CC1)CC2. The Bertz CT molecular complexity index is 98.0. The lowest BCUT2D eigenvalue weighted by atomic mass is 9.70. The van der Waals surface area contributed by atoms with Gasteiger partial charge >= 0.3 is 0 Å². The smallest absolute Gasteiger partial charge is 0.0447 e. The maximum Gasteiger partial charge on any atom is 0.0447 e. The van der Waals surface area contributed by atoms with Crippen LogP contribution in [0.15, 0.2) is 0 Å². The fourth-order valence-corrected chi connectivity index (χ4v) is 2.24. The summed E-state index contributed by atoms with van der Waals surface area (Å²) < 4.78 is 0. The van der Waals surface area contributed by atoms with Gasteiger partial charge in [0.15, 0.2) is 0 Å². The van der Waals surface area contributed by atoms with Crippen LogP contribution in [0.5, 0.6) is 0 Å². The van der Waals surface area contributed by atoms with E-state index in [0.717, 1.165) is 0 Å². The molecule has 0 spiro atoms. The standard InChI is InChI=1S/C8H12Cl/c9-8-4-1-7(2-5-8)3-6-8/h1-6H2. The minimum Gasteiger partial charge on any atom is -0.119 e. The van der Waals surface area contributed by atoms with Crippen LogP contribution < -0.4 is 0 Å². The highest BCUT2D eigenvalue weighted by Gasteiger charge is 2.38. The highest BCUT2D eigenvalue weighted by molar-refractivity contribution is 6.24. The van der Waals surface area contributed by atoms with E-state index in [9.17, 15) is 0 Å². The molecule has 0 unspecified atom stereocenters. The summed E-state index contributed by atoms with van der Waals surface area (Å²) in [5.74, 6) is 1.78. The predicted molar refractivity (Wildman–Crippen MR) is 39.5 cm³/mol. The lowest BCUT2D eigenvalue weighted by Gasteiger charge is -2.41. The molecule has 2 bridgehead atoms. The van der Waals surface area contributed by atoms with Gasteiger partial charge in [0, 0.05) is 4.87 Å². The van der Waals surface area contributed by atoms with Gasteiger partial charge in [0.25, 0.3) is 0 Å². The zero-order chi connectivity index (χ0) is 6.32. The molecule has 0 saturated heterocycles. The van der Waals surface area contributed by atoms with E-state index in [1.165, 1.54) is 38.5 Å². The summed E-state index contributed by atoms with van der Waals surface area (Å²) in [7, 11) is 0. The number of fused-ring (bicyclic) bond motifs is 3. The van der Waals surface area contributed by atoms with E-state index in [1.807, 2.05) is 0 Å². The maximum absolute atomic E-state index is 6.28. The molecule has 3 saturated carbocycles. The third-order valence-corrected chi connectivity index (χ3v) is 3.35. The molecule has 0 nitrogen and oxygen atoms in total. The topological polar surface area (TPSA) is 0 Å². The number of rotatable bonds is 0. The monoisotopic (exact) mass is 143 g/mol. The van der Waals surface area contributed by atoms with Gasteiger partial charge in [-0.3, -0.25) is 0 Å². The van der Waals surface area contributed by atoms with Crippen LogP contribution in [-0.2, 0) is 0 Å². The summed E-state index contributed by atoms with van der Waals surface area (Å²) in [6.45, 7) is 0. The molecule has 9 heavy (non-hydrogen) atoms. The second-order valence-corrected chi connectivity index (χ2v) is 4.20. The first-order valence-corrected chi connectivity index (χ1v) is 4.19. The highest BCUT2D eigenvalue weighted by atomic mass is 35.5. The summed E-state index contributed by atoms with van der Waals surface area (Å²) in [5.41, 5.74) is 0. The number of hydrogen-bond acceptors (Lipinski definition) is 0. The van der Waals surface area contributed by atoms with E-state index in [-0.39, 0.29) is 4.87 Å². The Morgan fingerprint density at radius 3 is 1.67 bits per heavy atom. The molecule has 3 aliphatic rings. The third-order valence-electron chi connectivity index (χ3n) is 2.78. The second kappa shape index (κ2) is 1.88. The van der Waals surface area contributed by atoms with Crippen molar-refractivity contribution in [2.24, 2.45) is 0 Å². The van der Waals surface area contributed by atoms with Crippen molar-refractivity contribution in [3.05, 3.63) is 5.92 Å². The maximum atomic E-state index is 6.28. The molecule has 0 N–H and O–H groups in total. The van der Waals surface area contributed by atoms with Crippen LogP contribution in [-0.4, -0.2) is 4.87 Å². The molecular weight excluding hydrogens is 132 g/mol. The first kappa shape index (κ1) is 6.03. The molecule has 0 aromatic rings. The van der Waals surface area contributed by atoms with Crippen molar-refractivity contribution in [2.75, 3.05) is 0 Å². The average Bonchev–Trinajstić information content (AvgIpc) is 1.90. The Labute approximate surface area is 61.6 Å². The van der Waals surface area contributed by atoms with Gasteiger partial charge in [-0.2, -0.15) is 0 Å². The molecule has 0 aliphatic heterocycles. The van der Waals surface area contributed by atoms with Gasteiger partial charge in [-0.05, 0) is 44.4 Å². The van der Waals surface area contributed by atoms with E-state index in [0.29, 0.717) is 0 Å². The van der Waals surface area contributed by atoms with Crippen LogP contribution in [0.1, 0.15) is 38.5 Å². The van der Waals surface area contributed by atoms with E-state index in [4.69, 9.17) is 11.6 Å². The van der Waals surface area contributed by atoms with E-state index >= 15 is 0 Å². The van der Waals surface area contributed by atoms with Crippen LogP contribution in [0.4, 0.5) is 0 Å². The van der Waals surface area contributed by atoms with Gasteiger partial charge in [0.2, 0.25) is 0 Å². The molecule has 0 atom stereocenters. The number of alkyl halides is 1. The van der Waals surface area contributed by atoms with Crippen molar-refractivity contribution in [3.63, 3.8) is 0 Å². The zero-order valence-corrected chi connectivity index (χ0v) is 6.38. The Kier molecular flexibility index (Phi) is 1.26. The molecule has 1 radical (unpaired) electrons. The Hall–Kier alpha value is 0.290. The fourth-order valence-electron chi connectivity index (χ4n) is 1.95. The van der Waals surface area contributed by atoms with Crippen LogP contribution in [0, 0.1) is 5.92 Å². The van der Waals surface area contributed by atoms with Crippen molar-refractivity contribution in [2.45, 2.75) is 43.4 Å². The molecule has 0 aromatic heterocycles. The predicted octanol–water partition coefficient (Wildman–Crippen LogP) is 2.91. The van der Waals surface area contributed by atoms with Crippen LogP contribution in [0.25, 0.3) is 0 Å². The Morgan fingerprint density at radius 2 is 1.44 bits per heavy atom. The number of halogens is 1. The van der Waals surface area contributed by atoms with E-state index in [1.54, 1.807) is 5.92 Å². The molecule has 0 aromatic carbocycles. The summed E-state index contributed by atoms with van der Waals surface area (Å²) in [6.07, 6.45) is 7.73. The molecule has 3 fully saturated rings. The molecule has 3 aliphatic carbocycles. The van der Waals surface area contributed by atoms with Gasteiger partial charge < -0.3 is 0 Å². The molecule has 51 valence electrons. The summed E-state index contributed by atoms with van der Waals surface area (Å²) >= 11 is 6.28. The van der Waals surface area contributed by atoms with Crippen molar-refractivity contribution in [1.29, 1.82) is 0 Å². The number of hydrogen-bond donors (Lipinski definition) is 0. The summed E-state index contributed by atoms with van der Waals surface area (Å²) in [5, 5.41) is 0. The van der Waals surface area contributed by atoms with Crippen molar-refractivity contribution in [1.82, 2.24) is 0 Å². The van der Waals surface area contributed by atoms with Crippen LogP contribution >= 0.6 is 11.6 Å². The zero-order valence-electron chi connectivity index (χ0n) is 5.62. The summed E-state index contributed by atoms with van der Waals surface area (Å²) in [4.78, 5) is 0.238. The minimum absolute atomic E-state index is 0.238.